The van der Waals surface area contributed by atoms with E-state index in [0.717, 1.165) is 5.69 Å². The van der Waals surface area contributed by atoms with Crippen LogP contribution in [-0.2, 0) is 12.4 Å². The van der Waals surface area contributed by atoms with Crippen LogP contribution in [0.3, 0.4) is 0 Å². The van der Waals surface area contributed by atoms with Gasteiger partial charge in [0.1, 0.15) is 11.6 Å². The van der Waals surface area contributed by atoms with Crippen molar-refractivity contribution in [2.24, 2.45) is 0 Å². The highest BCUT2D eigenvalue weighted by atomic mass is 35.5. The van der Waals surface area contributed by atoms with Crippen LogP contribution in [0.2, 0.25) is 0 Å². The molecule has 0 N–H and O–H groups in total. The van der Waals surface area contributed by atoms with Gasteiger partial charge in [0.15, 0.2) is 0 Å². The zero-order valence-corrected chi connectivity index (χ0v) is 11.3. The summed E-state index contributed by atoms with van der Waals surface area (Å²) in [5, 5.41) is 0. The molecule has 0 aromatic heterocycles. The van der Waals surface area contributed by atoms with Gasteiger partial charge in [0, 0.05) is 30.7 Å². The first kappa shape index (κ1) is 13.8. The maximum Gasteiger partial charge on any atom is 0.128 e. The number of benzene rings is 2. The molecule has 0 saturated heterocycles. The molecule has 0 heterocycles. The second kappa shape index (κ2) is 6.02. The van der Waals surface area contributed by atoms with E-state index in [9.17, 15) is 8.78 Å². The van der Waals surface area contributed by atoms with E-state index < -0.39 is 0 Å². The molecule has 0 amide bonds. The second-order valence-electron chi connectivity index (χ2n) is 4.35. The number of alkyl halides is 1. The Labute approximate surface area is 116 Å². The molecule has 0 radical (unpaired) electrons. The first-order chi connectivity index (χ1) is 9.11. The third-order valence-electron chi connectivity index (χ3n) is 2.96. The van der Waals surface area contributed by atoms with Crippen LogP contribution in [0.1, 0.15) is 11.1 Å². The number of rotatable bonds is 4. The van der Waals surface area contributed by atoms with E-state index in [1.54, 1.807) is 24.3 Å². The predicted molar refractivity (Wildman–Crippen MR) is 74.5 cm³/mol. The molecule has 0 aliphatic heterocycles. The van der Waals surface area contributed by atoms with Crippen molar-refractivity contribution in [3.8, 4) is 0 Å². The molecule has 19 heavy (non-hydrogen) atoms. The Morgan fingerprint density at radius 1 is 1.05 bits per heavy atom. The Kier molecular flexibility index (Phi) is 4.38. The second-order valence-corrected chi connectivity index (χ2v) is 4.62. The van der Waals surface area contributed by atoms with Gasteiger partial charge >= 0.3 is 0 Å². The molecule has 0 atom stereocenters. The van der Waals surface area contributed by atoms with Crippen LogP contribution in [0.15, 0.2) is 42.5 Å². The summed E-state index contributed by atoms with van der Waals surface area (Å²) in [6.45, 7) is 0.405. The molecule has 2 aromatic rings. The Morgan fingerprint density at radius 2 is 1.79 bits per heavy atom. The Balaban J connectivity index is 2.25. The molecule has 1 nitrogen and oxygen atoms in total. The van der Waals surface area contributed by atoms with Gasteiger partial charge in [0.25, 0.3) is 0 Å². The number of hydrogen-bond donors (Lipinski definition) is 0. The van der Waals surface area contributed by atoms with E-state index in [4.69, 9.17) is 11.6 Å². The van der Waals surface area contributed by atoms with Gasteiger partial charge in [0.05, 0.1) is 0 Å². The molecular formula is C15H14ClF2N. The average molecular weight is 282 g/mol. The van der Waals surface area contributed by atoms with E-state index in [1.807, 2.05) is 11.9 Å². The zero-order valence-electron chi connectivity index (χ0n) is 10.5. The summed E-state index contributed by atoms with van der Waals surface area (Å²) < 4.78 is 26.8. The number of nitrogens with zero attached hydrogens (tertiary/aromatic N) is 1. The molecule has 2 rings (SSSR count). The summed E-state index contributed by atoms with van der Waals surface area (Å²) in [4.78, 5) is 1.86. The monoisotopic (exact) mass is 281 g/mol. The van der Waals surface area contributed by atoms with E-state index in [-0.39, 0.29) is 17.5 Å². The first-order valence-electron chi connectivity index (χ1n) is 5.90. The summed E-state index contributed by atoms with van der Waals surface area (Å²) in [5.41, 5.74) is 2.09. The van der Waals surface area contributed by atoms with Crippen LogP contribution in [-0.4, -0.2) is 7.05 Å². The lowest BCUT2D eigenvalue weighted by atomic mass is 10.1. The fraction of sp³-hybridized carbons (Fsp3) is 0.200. The lowest BCUT2D eigenvalue weighted by Gasteiger charge is -2.22. The lowest BCUT2D eigenvalue weighted by Crippen LogP contribution is -2.18. The van der Waals surface area contributed by atoms with Gasteiger partial charge < -0.3 is 4.90 Å². The topological polar surface area (TPSA) is 3.24 Å². The number of halogens is 3. The van der Waals surface area contributed by atoms with Gasteiger partial charge in [-0.25, -0.2) is 8.78 Å². The quantitative estimate of drug-likeness (QED) is 0.754. The van der Waals surface area contributed by atoms with Crippen molar-refractivity contribution in [1.82, 2.24) is 0 Å². The first-order valence-corrected chi connectivity index (χ1v) is 6.44. The number of hydrogen-bond acceptors (Lipinski definition) is 1. The molecule has 0 aliphatic carbocycles. The summed E-state index contributed by atoms with van der Waals surface area (Å²) >= 11 is 5.81. The van der Waals surface area contributed by atoms with Crippen molar-refractivity contribution in [3.63, 3.8) is 0 Å². The van der Waals surface area contributed by atoms with Crippen LogP contribution in [0, 0.1) is 11.6 Å². The van der Waals surface area contributed by atoms with Crippen LogP contribution in [0.4, 0.5) is 14.5 Å². The molecule has 0 unspecified atom stereocenters. The summed E-state index contributed by atoms with van der Waals surface area (Å²) in [7, 11) is 1.83. The highest BCUT2D eigenvalue weighted by Gasteiger charge is 2.10. The summed E-state index contributed by atoms with van der Waals surface area (Å²) in [6.07, 6.45) is 0. The molecule has 0 fully saturated rings. The molecule has 4 heteroatoms. The van der Waals surface area contributed by atoms with Gasteiger partial charge in [-0.2, -0.15) is 0 Å². The van der Waals surface area contributed by atoms with Crippen LogP contribution in [0.5, 0.6) is 0 Å². The normalized spacial score (nSPS) is 10.5. The SMILES string of the molecule is CN(Cc1ccccc1F)c1ccc(F)cc1CCl. The molecule has 0 spiro atoms. The lowest BCUT2D eigenvalue weighted by molar-refractivity contribution is 0.607. The van der Waals surface area contributed by atoms with Crippen molar-refractivity contribution in [2.75, 3.05) is 11.9 Å². The van der Waals surface area contributed by atoms with E-state index in [1.165, 1.54) is 18.2 Å². The fourth-order valence-electron chi connectivity index (χ4n) is 2.00. The minimum Gasteiger partial charge on any atom is -0.370 e. The van der Waals surface area contributed by atoms with Crippen molar-refractivity contribution < 1.29 is 8.78 Å². The molecule has 0 aliphatic rings. The van der Waals surface area contributed by atoms with E-state index >= 15 is 0 Å². The van der Waals surface area contributed by atoms with Crippen molar-refractivity contribution >= 4 is 17.3 Å². The fourth-order valence-corrected chi connectivity index (χ4v) is 2.21. The van der Waals surface area contributed by atoms with E-state index in [2.05, 4.69) is 0 Å². The predicted octanol–water partition coefficient (Wildman–Crippen LogP) is 4.34. The largest absolute Gasteiger partial charge is 0.370 e. The molecule has 2 aromatic carbocycles. The van der Waals surface area contributed by atoms with Gasteiger partial charge in [-0.05, 0) is 29.8 Å². The average Bonchev–Trinajstić information content (AvgIpc) is 2.41. The molecular weight excluding hydrogens is 268 g/mol. The highest BCUT2D eigenvalue weighted by Crippen LogP contribution is 2.24. The third kappa shape index (κ3) is 3.24. The highest BCUT2D eigenvalue weighted by molar-refractivity contribution is 6.17. The van der Waals surface area contributed by atoms with Gasteiger partial charge in [-0.3, -0.25) is 0 Å². The standard InChI is InChI=1S/C15H14ClF2N/c1-19(10-11-4-2-3-5-14(11)18)15-7-6-13(17)8-12(15)9-16/h2-8H,9-10H2,1H3. The Morgan fingerprint density at radius 3 is 2.47 bits per heavy atom. The minimum atomic E-state index is -0.321. The minimum absolute atomic E-state index is 0.217. The Bertz CT molecular complexity index is 572. The summed E-state index contributed by atoms with van der Waals surface area (Å²) in [5.74, 6) is -0.350. The van der Waals surface area contributed by atoms with Gasteiger partial charge in [-0.15, -0.1) is 11.6 Å². The molecule has 0 saturated carbocycles. The van der Waals surface area contributed by atoms with Gasteiger partial charge in [-0.1, -0.05) is 18.2 Å². The van der Waals surface area contributed by atoms with E-state index in [0.29, 0.717) is 17.7 Å². The molecule has 0 bridgehead atoms. The van der Waals surface area contributed by atoms with Crippen LogP contribution >= 0.6 is 11.6 Å². The summed E-state index contributed by atoms with van der Waals surface area (Å²) in [6, 6.07) is 11.0. The third-order valence-corrected chi connectivity index (χ3v) is 3.25. The smallest absolute Gasteiger partial charge is 0.128 e. The maximum absolute atomic E-state index is 13.6. The van der Waals surface area contributed by atoms with Gasteiger partial charge in [0.2, 0.25) is 0 Å². The van der Waals surface area contributed by atoms with Crippen LogP contribution in [0.25, 0.3) is 0 Å². The van der Waals surface area contributed by atoms with Crippen molar-refractivity contribution in [3.05, 3.63) is 65.2 Å². The Hall–Kier alpha value is -1.61. The van der Waals surface area contributed by atoms with Crippen LogP contribution < -0.4 is 4.90 Å². The maximum atomic E-state index is 13.6. The molecule has 100 valence electrons. The van der Waals surface area contributed by atoms with Crippen molar-refractivity contribution in [1.29, 1.82) is 0 Å². The number of anilines is 1. The van der Waals surface area contributed by atoms with Crippen molar-refractivity contribution in [2.45, 2.75) is 12.4 Å². The zero-order chi connectivity index (χ0) is 13.8.